The van der Waals surface area contributed by atoms with E-state index in [1.165, 1.54) is 0 Å². The number of hydrazine groups is 1. The lowest BCUT2D eigenvalue weighted by Gasteiger charge is -2.35. The number of aliphatic hydroxyl groups is 2. The lowest BCUT2D eigenvalue weighted by atomic mass is 10.1. The number of ether oxygens (including phenoxy) is 2. The molecule has 1 fully saturated rings. The molecule has 186 valence electrons. The summed E-state index contributed by atoms with van der Waals surface area (Å²) in [7, 11) is 0. The van der Waals surface area contributed by atoms with E-state index in [2.05, 4.69) is 20.9 Å². The van der Waals surface area contributed by atoms with Crippen LogP contribution in [0, 0.1) is 0 Å². The predicted octanol–water partition coefficient (Wildman–Crippen LogP) is 2.67. The van der Waals surface area contributed by atoms with E-state index in [0.29, 0.717) is 39.0 Å². The van der Waals surface area contributed by atoms with Crippen molar-refractivity contribution in [2.24, 2.45) is 0 Å². The van der Waals surface area contributed by atoms with Crippen molar-refractivity contribution in [2.75, 3.05) is 26.3 Å². The Bertz CT molecular complexity index is 616. The summed E-state index contributed by atoms with van der Waals surface area (Å²) in [4.78, 5) is 23.1. The maximum absolute atomic E-state index is 12.2. The standard InChI is InChI=1S/C17H30N4O4.C3H6O2.C2H6/c1-17(2,3)25-16(24)21-8-4-7-13(11-21)18-14-10-12(6-5-9-22)15(23)20-19-14;1-2-5-3-4;1-2/h10,13,18-20,22-23H,4-9,11H2,1-3H3;3H,2H2,1H3;1-2H3. The first-order valence-corrected chi connectivity index (χ1v) is 11.3. The molecule has 0 radical (unpaired) electrons. The van der Waals surface area contributed by atoms with Crippen LogP contribution in [0.3, 0.4) is 0 Å². The molecule has 2 aliphatic rings. The molecule has 0 bridgehead atoms. The van der Waals surface area contributed by atoms with Gasteiger partial charge < -0.3 is 29.9 Å². The van der Waals surface area contributed by atoms with Crippen molar-refractivity contribution in [1.29, 1.82) is 0 Å². The zero-order valence-corrected chi connectivity index (χ0v) is 20.4. The third kappa shape index (κ3) is 12.3. The van der Waals surface area contributed by atoms with Crippen LogP contribution >= 0.6 is 0 Å². The van der Waals surface area contributed by atoms with Gasteiger partial charge in [-0.2, -0.15) is 0 Å². The third-order valence-electron chi connectivity index (χ3n) is 4.21. The van der Waals surface area contributed by atoms with Crippen LogP contribution in [-0.4, -0.2) is 65.6 Å². The zero-order valence-electron chi connectivity index (χ0n) is 20.4. The quantitative estimate of drug-likeness (QED) is 0.365. The molecule has 0 saturated carbocycles. The van der Waals surface area contributed by atoms with Gasteiger partial charge in [0.15, 0.2) is 0 Å². The minimum absolute atomic E-state index is 0.0676. The van der Waals surface area contributed by atoms with Gasteiger partial charge in [0.25, 0.3) is 6.47 Å². The molecule has 0 aromatic heterocycles. The van der Waals surface area contributed by atoms with Crippen LogP contribution in [0.5, 0.6) is 0 Å². The Morgan fingerprint density at radius 1 is 1.34 bits per heavy atom. The SMILES string of the molecule is CC.CC(C)(C)OC(=O)N1CCCC(NC2=CC(CCCO)=C(O)NN2)C1.CCOC=O. The van der Waals surface area contributed by atoms with Gasteiger partial charge in [0.2, 0.25) is 5.88 Å². The van der Waals surface area contributed by atoms with Crippen LogP contribution in [0.4, 0.5) is 4.79 Å². The van der Waals surface area contributed by atoms with E-state index in [4.69, 9.17) is 9.84 Å². The van der Waals surface area contributed by atoms with Crippen LogP contribution in [0.1, 0.15) is 67.2 Å². The molecule has 0 aromatic rings. The number of rotatable bonds is 7. The highest BCUT2D eigenvalue weighted by molar-refractivity contribution is 5.68. The van der Waals surface area contributed by atoms with Crippen molar-refractivity contribution in [1.82, 2.24) is 21.1 Å². The van der Waals surface area contributed by atoms with E-state index in [1.54, 1.807) is 11.8 Å². The van der Waals surface area contributed by atoms with E-state index in [9.17, 15) is 14.7 Å². The highest BCUT2D eigenvalue weighted by Crippen LogP contribution is 2.18. The molecule has 2 aliphatic heterocycles. The van der Waals surface area contributed by atoms with Gasteiger partial charge >= 0.3 is 6.09 Å². The Kier molecular flexibility index (Phi) is 14.8. The average Bonchev–Trinajstić information content (AvgIpc) is 2.75. The molecule has 2 heterocycles. The fourth-order valence-electron chi connectivity index (χ4n) is 2.90. The fraction of sp³-hybridized carbons (Fsp3) is 0.727. The van der Waals surface area contributed by atoms with Crippen LogP contribution in [0.15, 0.2) is 23.4 Å². The molecule has 1 unspecified atom stereocenters. The van der Waals surface area contributed by atoms with Crippen molar-refractivity contribution < 1.29 is 29.3 Å². The number of likely N-dealkylation sites (tertiary alicyclic amines) is 1. The molecule has 2 rings (SSSR count). The first-order valence-electron chi connectivity index (χ1n) is 11.3. The minimum atomic E-state index is -0.501. The van der Waals surface area contributed by atoms with Gasteiger partial charge in [0.1, 0.15) is 11.4 Å². The van der Waals surface area contributed by atoms with Crippen molar-refractivity contribution in [3.05, 3.63) is 23.4 Å². The summed E-state index contributed by atoms with van der Waals surface area (Å²) < 4.78 is 9.60. The Morgan fingerprint density at radius 3 is 2.56 bits per heavy atom. The van der Waals surface area contributed by atoms with Crippen molar-refractivity contribution >= 4 is 12.6 Å². The second kappa shape index (κ2) is 16.1. The summed E-state index contributed by atoms with van der Waals surface area (Å²) in [5.74, 6) is 0.805. The molecule has 5 N–H and O–H groups in total. The van der Waals surface area contributed by atoms with Gasteiger partial charge in [-0.15, -0.1) is 0 Å². The number of nitrogens with one attached hydrogen (secondary N) is 3. The summed E-state index contributed by atoms with van der Waals surface area (Å²) in [6.07, 6.45) is 4.55. The van der Waals surface area contributed by atoms with Gasteiger partial charge in [-0.1, -0.05) is 13.8 Å². The van der Waals surface area contributed by atoms with E-state index < -0.39 is 5.60 Å². The Hall–Kier alpha value is -2.62. The molecule has 10 heteroatoms. The normalized spacial score (nSPS) is 17.8. The summed E-state index contributed by atoms with van der Waals surface area (Å²) in [5.41, 5.74) is 5.84. The van der Waals surface area contributed by atoms with Crippen LogP contribution in [-0.2, 0) is 14.3 Å². The Labute approximate surface area is 192 Å². The molecule has 1 amide bonds. The number of carbonyl (C=O) groups is 2. The smallest absolute Gasteiger partial charge is 0.410 e. The number of carbonyl (C=O) groups excluding carboxylic acids is 2. The number of nitrogens with zero attached hydrogens (tertiary/aromatic N) is 1. The maximum atomic E-state index is 12.2. The van der Waals surface area contributed by atoms with Crippen molar-refractivity contribution in [3.63, 3.8) is 0 Å². The Morgan fingerprint density at radius 2 is 2.03 bits per heavy atom. The summed E-state index contributed by atoms with van der Waals surface area (Å²) in [6, 6.07) is 0.0983. The first-order chi connectivity index (χ1) is 15.2. The zero-order chi connectivity index (χ0) is 24.6. The van der Waals surface area contributed by atoms with Crippen molar-refractivity contribution in [3.8, 4) is 0 Å². The van der Waals surface area contributed by atoms with E-state index in [0.717, 1.165) is 24.2 Å². The molecular formula is C22H42N4O6. The monoisotopic (exact) mass is 458 g/mol. The highest BCUT2D eigenvalue weighted by Gasteiger charge is 2.28. The summed E-state index contributed by atoms with van der Waals surface area (Å²) in [6.45, 7) is 13.6. The van der Waals surface area contributed by atoms with Crippen LogP contribution in [0.2, 0.25) is 0 Å². The van der Waals surface area contributed by atoms with Gasteiger partial charge in [-0.3, -0.25) is 15.6 Å². The number of allylic oxidation sites excluding steroid dienone is 2. The lowest BCUT2D eigenvalue weighted by molar-refractivity contribution is -0.128. The third-order valence-corrected chi connectivity index (χ3v) is 4.21. The molecule has 1 atom stereocenters. The topological polar surface area (TPSA) is 132 Å². The average molecular weight is 459 g/mol. The molecule has 0 aliphatic carbocycles. The second-order valence-corrected chi connectivity index (χ2v) is 7.97. The first kappa shape index (κ1) is 29.4. The van der Waals surface area contributed by atoms with Crippen LogP contribution < -0.4 is 16.2 Å². The van der Waals surface area contributed by atoms with Gasteiger partial charge in [-0.25, -0.2) is 4.79 Å². The number of aliphatic hydroxyl groups excluding tert-OH is 2. The molecule has 10 nitrogen and oxygen atoms in total. The molecule has 32 heavy (non-hydrogen) atoms. The number of hydrogen-bond donors (Lipinski definition) is 5. The fourth-order valence-corrected chi connectivity index (χ4v) is 2.90. The maximum Gasteiger partial charge on any atom is 0.410 e. The van der Waals surface area contributed by atoms with Crippen LogP contribution in [0.25, 0.3) is 0 Å². The van der Waals surface area contributed by atoms with E-state index in [1.807, 2.05) is 40.7 Å². The predicted molar refractivity (Wildman–Crippen MR) is 123 cm³/mol. The lowest BCUT2D eigenvalue weighted by Crippen LogP contribution is -2.51. The van der Waals surface area contributed by atoms with E-state index in [-0.39, 0.29) is 24.6 Å². The van der Waals surface area contributed by atoms with E-state index >= 15 is 0 Å². The van der Waals surface area contributed by atoms with Gasteiger partial charge in [0, 0.05) is 31.3 Å². The summed E-state index contributed by atoms with van der Waals surface area (Å²) >= 11 is 0. The molecule has 1 saturated heterocycles. The number of hydrogen-bond acceptors (Lipinski definition) is 9. The molecule has 0 aromatic carbocycles. The molecular weight excluding hydrogens is 416 g/mol. The van der Waals surface area contributed by atoms with Gasteiger partial charge in [-0.05, 0) is 59.5 Å². The molecule has 0 spiro atoms. The Balaban J connectivity index is 0.00000121. The highest BCUT2D eigenvalue weighted by atomic mass is 16.6. The van der Waals surface area contributed by atoms with Gasteiger partial charge in [0.05, 0.1) is 6.61 Å². The second-order valence-electron chi connectivity index (χ2n) is 7.97. The number of piperidine rings is 1. The van der Waals surface area contributed by atoms with Crippen molar-refractivity contribution in [2.45, 2.75) is 78.9 Å². The minimum Gasteiger partial charge on any atom is -0.493 e. The summed E-state index contributed by atoms with van der Waals surface area (Å²) in [5, 5.41) is 22.1. The largest absolute Gasteiger partial charge is 0.493 e. The number of amides is 1.